The topological polar surface area (TPSA) is 26.3 Å². The molecule has 0 aliphatic rings. The number of carbonyl (C=O) groups is 1. The molecular formula is C26H52O2. The summed E-state index contributed by atoms with van der Waals surface area (Å²) in [4.78, 5) is 12.4. The second-order valence-corrected chi connectivity index (χ2v) is 8.75. The van der Waals surface area contributed by atoms with E-state index in [1.54, 1.807) is 0 Å². The molecule has 0 aromatic heterocycles. The van der Waals surface area contributed by atoms with Gasteiger partial charge in [0.15, 0.2) is 0 Å². The van der Waals surface area contributed by atoms with Gasteiger partial charge in [0.25, 0.3) is 0 Å². The maximum atomic E-state index is 12.4. The zero-order valence-electron chi connectivity index (χ0n) is 19.7. The van der Waals surface area contributed by atoms with E-state index in [0.29, 0.717) is 6.61 Å². The Labute approximate surface area is 177 Å². The molecule has 1 unspecified atom stereocenters. The number of unbranched alkanes of at least 4 members (excludes halogenated alkanes) is 15. The first-order valence-electron chi connectivity index (χ1n) is 12.9. The van der Waals surface area contributed by atoms with Gasteiger partial charge in [-0.05, 0) is 19.3 Å². The Hall–Kier alpha value is -0.530. The third-order valence-corrected chi connectivity index (χ3v) is 5.89. The molecule has 0 aromatic rings. The fraction of sp³-hybridized carbons (Fsp3) is 0.962. The van der Waals surface area contributed by atoms with Crippen molar-refractivity contribution in [2.75, 3.05) is 6.61 Å². The molecule has 0 spiro atoms. The lowest BCUT2D eigenvalue weighted by Gasteiger charge is -2.15. The molecule has 2 heteroatoms. The van der Waals surface area contributed by atoms with Crippen LogP contribution in [-0.2, 0) is 9.53 Å². The Kier molecular flexibility index (Phi) is 22.3. The second-order valence-electron chi connectivity index (χ2n) is 8.75. The van der Waals surface area contributed by atoms with E-state index in [1.165, 1.54) is 96.3 Å². The SMILES string of the molecule is CCCCCCCCCCCCCCOC(=O)C(CCCC)CCCCCC. The molecule has 168 valence electrons. The van der Waals surface area contributed by atoms with Gasteiger partial charge < -0.3 is 4.74 Å². The molecule has 0 N–H and O–H groups in total. The number of hydrogen-bond donors (Lipinski definition) is 0. The van der Waals surface area contributed by atoms with Crippen LogP contribution in [0.3, 0.4) is 0 Å². The predicted molar refractivity (Wildman–Crippen MR) is 124 cm³/mol. The van der Waals surface area contributed by atoms with Crippen LogP contribution in [0.25, 0.3) is 0 Å². The van der Waals surface area contributed by atoms with Gasteiger partial charge in [-0.2, -0.15) is 0 Å². The summed E-state index contributed by atoms with van der Waals surface area (Å²) in [6.45, 7) is 7.34. The first kappa shape index (κ1) is 27.5. The largest absolute Gasteiger partial charge is 0.465 e. The van der Waals surface area contributed by atoms with Gasteiger partial charge in [-0.25, -0.2) is 0 Å². The van der Waals surface area contributed by atoms with E-state index in [2.05, 4.69) is 20.8 Å². The number of carbonyl (C=O) groups excluding carboxylic acids is 1. The van der Waals surface area contributed by atoms with Gasteiger partial charge in [0.1, 0.15) is 0 Å². The van der Waals surface area contributed by atoms with Crippen molar-refractivity contribution in [3.8, 4) is 0 Å². The highest BCUT2D eigenvalue weighted by molar-refractivity contribution is 5.72. The number of rotatable bonds is 22. The van der Waals surface area contributed by atoms with E-state index in [4.69, 9.17) is 4.74 Å². The van der Waals surface area contributed by atoms with Crippen LogP contribution < -0.4 is 0 Å². The Bertz CT molecular complexity index is 314. The zero-order valence-corrected chi connectivity index (χ0v) is 19.7. The molecule has 28 heavy (non-hydrogen) atoms. The Morgan fingerprint density at radius 1 is 0.536 bits per heavy atom. The van der Waals surface area contributed by atoms with Crippen molar-refractivity contribution < 1.29 is 9.53 Å². The maximum Gasteiger partial charge on any atom is 0.308 e. The smallest absolute Gasteiger partial charge is 0.308 e. The van der Waals surface area contributed by atoms with Gasteiger partial charge in [0.2, 0.25) is 0 Å². The molecule has 0 heterocycles. The first-order valence-corrected chi connectivity index (χ1v) is 12.9. The highest BCUT2D eigenvalue weighted by atomic mass is 16.5. The Balaban J connectivity index is 3.57. The Morgan fingerprint density at radius 2 is 0.929 bits per heavy atom. The van der Waals surface area contributed by atoms with E-state index in [1.807, 2.05) is 0 Å². The number of esters is 1. The van der Waals surface area contributed by atoms with Crippen LogP contribution in [0, 0.1) is 5.92 Å². The molecule has 0 radical (unpaired) electrons. The third-order valence-electron chi connectivity index (χ3n) is 5.89. The van der Waals surface area contributed by atoms with Crippen LogP contribution >= 0.6 is 0 Å². The summed E-state index contributed by atoms with van der Waals surface area (Å²) in [5.74, 6) is 0.224. The van der Waals surface area contributed by atoms with E-state index < -0.39 is 0 Å². The standard InChI is InChI=1S/C26H52O2/c1-4-7-10-12-13-14-15-16-17-18-19-21-24-28-26(27)25(22-9-6-3)23-20-11-8-5-2/h25H,4-24H2,1-3H3. The molecule has 0 aliphatic heterocycles. The monoisotopic (exact) mass is 396 g/mol. The van der Waals surface area contributed by atoms with Crippen LogP contribution in [0.5, 0.6) is 0 Å². The van der Waals surface area contributed by atoms with E-state index >= 15 is 0 Å². The summed E-state index contributed by atoms with van der Waals surface area (Å²) in [5.41, 5.74) is 0. The summed E-state index contributed by atoms with van der Waals surface area (Å²) in [6, 6.07) is 0. The quantitative estimate of drug-likeness (QED) is 0.135. The highest BCUT2D eigenvalue weighted by Gasteiger charge is 2.18. The van der Waals surface area contributed by atoms with Crippen LogP contribution in [-0.4, -0.2) is 12.6 Å². The molecule has 2 nitrogen and oxygen atoms in total. The van der Waals surface area contributed by atoms with Gasteiger partial charge >= 0.3 is 5.97 Å². The first-order chi connectivity index (χ1) is 13.8. The molecule has 0 amide bonds. The molecule has 0 aromatic carbocycles. The van der Waals surface area contributed by atoms with E-state index in [-0.39, 0.29) is 11.9 Å². The summed E-state index contributed by atoms with van der Waals surface area (Å²) in [7, 11) is 0. The number of ether oxygens (including phenoxy) is 1. The van der Waals surface area contributed by atoms with Crippen molar-refractivity contribution in [1.29, 1.82) is 0 Å². The molecule has 0 aliphatic carbocycles. The molecule has 0 fully saturated rings. The average molecular weight is 397 g/mol. The lowest BCUT2D eigenvalue weighted by molar-refractivity contribution is -0.149. The molecular weight excluding hydrogens is 344 g/mol. The number of hydrogen-bond acceptors (Lipinski definition) is 2. The third kappa shape index (κ3) is 18.8. The summed E-state index contributed by atoms with van der Waals surface area (Å²) in [5, 5.41) is 0. The van der Waals surface area contributed by atoms with E-state index in [9.17, 15) is 4.79 Å². The normalized spacial score (nSPS) is 12.2. The van der Waals surface area contributed by atoms with Gasteiger partial charge in [-0.3, -0.25) is 4.79 Å². The van der Waals surface area contributed by atoms with Gasteiger partial charge in [-0.15, -0.1) is 0 Å². The molecule has 0 bridgehead atoms. The fourth-order valence-electron chi connectivity index (χ4n) is 3.88. The predicted octanol–water partition coefficient (Wildman–Crippen LogP) is 9.01. The summed E-state index contributed by atoms with van der Waals surface area (Å²) in [6.07, 6.45) is 25.4. The van der Waals surface area contributed by atoms with Gasteiger partial charge in [0, 0.05) is 0 Å². The van der Waals surface area contributed by atoms with Crippen molar-refractivity contribution >= 4 is 5.97 Å². The summed E-state index contributed by atoms with van der Waals surface area (Å²) < 4.78 is 5.61. The van der Waals surface area contributed by atoms with Gasteiger partial charge in [-0.1, -0.05) is 130 Å². The fourth-order valence-corrected chi connectivity index (χ4v) is 3.88. The molecule has 0 saturated heterocycles. The summed E-state index contributed by atoms with van der Waals surface area (Å²) >= 11 is 0. The van der Waals surface area contributed by atoms with Crippen molar-refractivity contribution in [3.63, 3.8) is 0 Å². The molecule has 1 atom stereocenters. The minimum absolute atomic E-state index is 0.0769. The maximum absolute atomic E-state index is 12.4. The minimum atomic E-state index is 0.0769. The second kappa shape index (κ2) is 22.8. The minimum Gasteiger partial charge on any atom is -0.465 e. The lowest BCUT2D eigenvalue weighted by atomic mass is 9.95. The van der Waals surface area contributed by atoms with Crippen molar-refractivity contribution in [2.24, 2.45) is 5.92 Å². The van der Waals surface area contributed by atoms with Crippen molar-refractivity contribution in [3.05, 3.63) is 0 Å². The van der Waals surface area contributed by atoms with Gasteiger partial charge in [0.05, 0.1) is 12.5 Å². The zero-order chi connectivity index (χ0) is 20.7. The van der Waals surface area contributed by atoms with Crippen LogP contribution in [0.2, 0.25) is 0 Å². The van der Waals surface area contributed by atoms with E-state index in [0.717, 1.165) is 32.1 Å². The lowest BCUT2D eigenvalue weighted by Crippen LogP contribution is -2.18. The average Bonchev–Trinajstić information content (AvgIpc) is 2.70. The van der Waals surface area contributed by atoms with Crippen LogP contribution in [0.1, 0.15) is 149 Å². The highest BCUT2D eigenvalue weighted by Crippen LogP contribution is 2.19. The van der Waals surface area contributed by atoms with Crippen molar-refractivity contribution in [1.82, 2.24) is 0 Å². The molecule has 0 rings (SSSR count). The Morgan fingerprint density at radius 3 is 1.43 bits per heavy atom. The van der Waals surface area contributed by atoms with Crippen molar-refractivity contribution in [2.45, 2.75) is 149 Å². The van der Waals surface area contributed by atoms with Crippen LogP contribution in [0.4, 0.5) is 0 Å². The van der Waals surface area contributed by atoms with Crippen LogP contribution in [0.15, 0.2) is 0 Å². The molecule has 0 saturated carbocycles.